The number of rotatable bonds is 3. The van der Waals surface area contributed by atoms with E-state index in [1.807, 2.05) is 0 Å². The quantitative estimate of drug-likeness (QED) is 0.800. The van der Waals surface area contributed by atoms with Crippen molar-refractivity contribution < 1.29 is 13.2 Å². The van der Waals surface area contributed by atoms with Crippen molar-refractivity contribution in [2.45, 2.75) is 25.7 Å². The third-order valence-electron chi connectivity index (χ3n) is 4.50. The molecule has 0 N–H and O–H groups in total. The van der Waals surface area contributed by atoms with Crippen LogP contribution in [0.5, 0.6) is 0 Å². The lowest BCUT2D eigenvalue weighted by Gasteiger charge is -2.34. The summed E-state index contributed by atoms with van der Waals surface area (Å²) in [5, 5.41) is 0. The molecule has 21 heavy (non-hydrogen) atoms. The van der Waals surface area contributed by atoms with Crippen molar-refractivity contribution in [2.24, 2.45) is 5.92 Å². The molecule has 0 radical (unpaired) electrons. The van der Waals surface area contributed by atoms with Gasteiger partial charge in [-0.1, -0.05) is 0 Å². The fourth-order valence-corrected chi connectivity index (χ4v) is 3.31. The zero-order valence-electron chi connectivity index (χ0n) is 12.0. The summed E-state index contributed by atoms with van der Waals surface area (Å²) >= 11 is 0. The predicted octanol–water partition coefficient (Wildman–Crippen LogP) is 2.81. The highest BCUT2D eigenvalue weighted by atomic mass is 19.2. The van der Waals surface area contributed by atoms with Crippen LogP contribution >= 0.6 is 0 Å². The molecule has 0 unspecified atom stereocenters. The van der Waals surface area contributed by atoms with E-state index in [-0.39, 0.29) is 5.82 Å². The summed E-state index contributed by atoms with van der Waals surface area (Å²) in [6.45, 7) is 4.75. The molecular weight excluding hydrogens is 279 g/mol. The van der Waals surface area contributed by atoms with E-state index in [4.69, 9.17) is 0 Å². The number of nitrogens with zero attached hydrogens (tertiary/aromatic N) is 3. The van der Waals surface area contributed by atoms with Crippen LogP contribution in [-0.4, -0.2) is 42.6 Å². The molecule has 0 spiro atoms. The average molecular weight is 299 g/mol. The van der Waals surface area contributed by atoms with Crippen molar-refractivity contribution in [3.63, 3.8) is 0 Å². The van der Waals surface area contributed by atoms with E-state index in [1.54, 1.807) is 4.90 Å². The van der Waals surface area contributed by atoms with Crippen LogP contribution in [-0.2, 0) is 0 Å². The Balaban J connectivity index is 1.59. The maximum Gasteiger partial charge on any atom is 0.251 e. The lowest BCUT2D eigenvalue weighted by atomic mass is 9.96. The molecule has 3 nitrogen and oxygen atoms in total. The molecule has 2 aliphatic rings. The molecule has 0 saturated carbocycles. The molecule has 2 aliphatic heterocycles. The average Bonchev–Trinajstić information content (AvgIpc) is 2.97. The Labute approximate surface area is 122 Å². The van der Waals surface area contributed by atoms with Crippen LogP contribution in [0.25, 0.3) is 0 Å². The molecule has 0 atom stereocenters. The highest BCUT2D eigenvalue weighted by Gasteiger charge is 2.25. The number of piperidine rings is 1. The van der Waals surface area contributed by atoms with Gasteiger partial charge in [-0.2, -0.15) is 9.37 Å². The predicted molar refractivity (Wildman–Crippen MR) is 74.7 cm³/mol. The molecule has 0 aromatic carbocycles. The second-order valence-corrected chi connectivity index (χ2v) is 6.00. The van der Waals surface area contributed by atoms with E-state index < -0.39 is 17.6 Å². The normalized spacial score (nSPS) is 21.2. The zero-order valence-corrected chi connectivity index (χ0v) is 12.0. The molecule has 1 aromatic heterocycles. The SMILES string of the molecule is Fc1cc(F)c(N2CCC(CN3CCCC3)CC2)nc1F. The van der Waals surface area contributed by atoms with E-state index in [0.717, 1.165) is 19.4 Å². The van der Waals surface area contributed by atoms with E-state index in [9.17, 15) is 13.2 Å². The van der Waals surface area contributed by atoms with Gasteiger partial charge in [-0.15, -0.1) is 0 Å². The van der Waals surface area contributed by atoms with Gasteiger partial charge < -0.3 is 9.80 Å². The summed E-state index contributed by atoms with van der Waals surface area (Å²) in [6.07, 6.45) is 4.44. The first kappa shape index (κ1) is 14.6. The van der Waals surface area contributed by atoms with E-state index in [2.05, 4.69) is 9.88 Å². The number of anilines is 1. The van der Waals surface area contributed by atoms with Crippen LogP contribution in [0.2, 0.25) is 0 Å². The fourth-order valence-electron chi connectivity index (χ4n) is 3.31. The summed E-state index contributed by atoms with van der Waals surface area (Å²) in [7, 11) is 0. The van der Waals surface area contributed by atoms with Gasteiger partial charge >= 0.3 is 0 Å². The maximum atomic E-state index is 13.7. The van der Waals surface area contributed by atoms with Gasteiger partial charge in [0.05, 0.1) is 0 Å². The van der Waals surface area contributed by atoms with Crippen LogP contribution in [0.15, 0.2) is 6.07 Å². The Morgan fingerprint density at radius 1 is 1.00 bits per heavy atom. The Morgan fingerprint density at radius 3 is 2.33 bits per heavy atom. The number of likely N-dealkylation sites (tertiary alicyclic amines) is 1. The molecule has 2 saturated heterocycles. The molecule has 3 heterocycles. The molecule has 3 rings (SSSR count). The maximum absolute atomic E-state index is 13.7. The van der Waals surface area contributed by atoms with Crippen molar-refractivity contribution in [1.82, 2.24) is 9.88 Å². The van der Waals surface area contributed by atoms with Gasteiger partial charge in [-0.3, -0.25) is 0 Å². The Morgan fingerprint density at radius 2 is 1.67 bits per heavy atom. The van der Waals surface area contributed by atoms with E-state index in [0.29, 0.717) is 25.1 Å². The summed E-state index contributed by atoms with van der Waals surface area (Å²) in [4.78, 5) is 7.63. The molecule has 0 aliphatic carbocycles. The minimum absolute atomic E-state index is 0.0616. The molecule has 0 amide bonds. The molecular formula is C15H20F3N3. The van der Waals surface area contributed by atoms with Gasteiger partial charge in [0.2, 0.25) is 0 Å². The first-order valence-corrected chi connectivity index (χ1v) is 7.62. The summed E-state index contributed by atoms with van der Waals surface area (Å²) < 4.78 is 39.8. The Bertz CT molecular complexity index is 495. The third kappa shape index (κ3) is 3.31. The minimum atomic E-state index is -1.24. The number of hydrogen-bond acceptors (Lipinski definition) is 3. The van der Waals surface area contributed by atoms with E-state index in [1.165, 1.54) is 25.9 Å². The highest BCUT2D eigenvalue weighted by molar-refractivity contribution is 5.40. The second kappa shape index (κ2) is 6.22. The number of halogens is 3. The summed E-state index contributed by atoms with van der Waals surface area (Å²) in [5.74, 6) is -2.71. The van der Waals surface area contributed by atoms with Gasteiger partial charge in [-0.25, -0.2) is 8.78 Å². The topological polar surface area (TPSA) is 19.4 Å². The van der Waals surface area contributed by atoms with Crippen LogP contribution in [0.3, 0.4) is 0 Å². The number of pyridine rings is 1. The standard InChI is InChI=1S/C15H20F3N3/c16-12-9-13(17)15(19-14(12)18)21-7-3-11(4-8-21)10-20-5-1-2-6-20/h9,11H,1-8,10H2. The van der Waals surface area contributed by atoms with E-state index >= 15 is 0 Å². The van der Waals surface area contributed by atoms with Gasteiger partial charge in [0.25, 0.3) is 5.95 Å². The highest BCUT2D eigenvalue weighted by Crippen LogP contribution is 2.26. The number of hydrogen-bond donors (Lipinski definition) is 0. The van der Waals surface area contributed by atoms with Crippen molar-refractivity contribution in [3.8, 4) is 0 Å². The first-order chi connectivity index (χ1) is 10.1. The van der Waals surface area contributed by atoms with Crippen LogP contribution in [0.1, 0.15) is 25.7 Å². The number of aromatic nitrogens is 1. The minimum Gasteiger partial charge on any atom is -0.354 e. The van der Waals surface area contributed by atoms with Crippen LogP contribution in [0, 0.1) is 23.5 Å². The van der Waals surface area contributed by atoms with Gasteiger partial charge in [0.1, 0.15) is 0 Å². The molecule has 0 bridgehead atoms. The van der Waals surface area contributed by atoms with Gasteiger partial charge in [0, 0.05) is 25.7 Å². The Kier molecular flexibility index (Phi) is 4.33. The lowest BCUT2D eigenvalue weighted by molar-refractivity contribution is 0.248. The van der Waals surface area contributed by atoms with Crippen molar-refractivity contribution >= 4 is 5.82 Å². The fraction of sp³-hybridized carbons (Fsp3) is 0.667. The summed E-state index contributed by atoms with van der Waals surface area (Å²) in [5.41, 5.74) is 0. The second-order valence-electron chi connectivity index (χ2n) is 6.00. The Hall–Kier alpha value is -1.30. The van der Waals surface area contributed by atoms with Gasteiger partial charge in [0.15, 0.2) is 17.5 Å². The molecule has 1 aromatic rings. The molecule has 2 fully saturated rings. The van der Waals surface area contributed by atoms with Crippen molar-refractivity contribution in [3.05, 3.63) is 23.6 Å². The smallest absolute Gasteiger partial charge is 0.251 e. The first-order valence-electron chi connectivity index (χ1n) is 7.62. The lowest BCUT2D eigenvalue weighted by Crippen LogP contribution is -2.39. The van der Waals surface area contributed by atoms with Crippen LogP contribution in [0.4, 0.5) is 19.0 Å². The summed E-state index contributed by atoms with van der Waals surface area (Å²) in [6, 6.07) is 0.577. The van der Waals surface area contributed by atoms with Crippen molar-refractivity contribution in [1.29, 1.82) is 0 Å². The van der Waals surface area contributed by atoms with Crippen LogP contribution < -0.4 is 4.90 Å². The zero-order chi connectivity index (χ0) is 14.8. The molecule has 6 heteroatoms. The molecule has 116 valence electrons. The largest absolute Gasteiger partial charge is 0.354 e. The van der Waals surface area contributed by atoms with Gasteiger partial charge in [-0.05, 0) is 44.7 Å². The monoisotopic (exact) mass is 299 g/mol. The van der Waals surface area contributed by atoms with Crippen molar-refractivity contribution in [2.75, 3.05) is 37.6 Å². The third-order valence-corrected chi connectivity index (χ3v) is 4.50.